The number of ketones is 1. The Labute approximate surface area is 197 Å². The van der Waals surface area contributed by atoms with Crippen LogP contribution in [0.4, 0.5) is 0 Å². The third-order valence-corrected chi connectivity index (χ3v) is 6.14. The van der Waals surface area contributed by atoms with E-state index in [9.17, 15) is 9.59 Å². The fourth-order valence-electron chi connectivity index (χ4n) is 3.16. The first-order valence-electron chi connectivity index (χ1n) is 10.3. The minimum absolute atomic E-state index is 0.0632. The fourth-order valence-corrected chi connectivity index (χ4v) is 3.98. The molecule has 1 heterocycles. The smallest absolute Gasteiger partial charge is 0.251 e. The SMILES string of the molecule is COc1ccc(C(=O)NC(c2nnc(SCC(=O)c3ccc(C#N)cc3)n2C)C(C)C)cc1. The molecule has 33 heavy (non-hydrogen) atoms. The molecule has 3 rings (SSSR count). The number of thioether (sulfide) groups is 1. The van der Waals surface area contributed by atoms with Crippen LogP contribution < -0.4 is 10.1 Å². The highest BCUT2D eigenvalue weighted by Crippen LogP contribution is 2.25. The zero-order valence-corrected chi connectivity index (χ0v) is 19.7. The Morgan fingerprint density at radius 2 is 1.73 bits per heavy atom. The first-order valence-corrected chi connectivity index (χ1v) is 11.3. The molecule has 170 valence electrons. The second-order valence-corrected chi connectivity index (χ2v) is 8.67. The average Bonchev–Trinajstić information content (AvgIpc) is 3.20. The summed E-state index contributed by atoms with van der Waals surface area (Å²) in [4.78, 5) is 25.3. The van der Waals surface area contributed by atoms with Gasteiger partial charge in [-0.25, -0.2) is 0 Å². The maximum absolute atomic E-state index is 12.8. The number of carbonyl (C=O) groups excluding carboxylic acids is 2. The molecule has 3 aromatic rings. The van der Waals surface area contributed by atoms with Gasteiger partial charge >= 0.3 is 0 Å². The van der Waals surface area contributed by atoms with E-state index in [0.717, 1.165) is 0 Å². The lowest BCUT2D eigenvalue weighted by atomic mass is 10.0. The number of benzene rings is 2. The van der Waals surface area contributed by atoms with Crippen LogP contribution in [0.5, 0.6) is 5.75 Å². The molecule has 0 saturated carbocycles. The van der Waals surface area contributed by atoms with Crippen LogP contribution in [-0.2, 0) is 7.05 Å². The lowest BCUT2D eigenvalue weighted by molar-refractivity contribution is 0.0921. The minimum Gasteiger partial charge on any atom is -0.497 e. The Hall–Kier alpha value is -3.64. The van der Waals surface area contributed by atoms with Crippen LogP contribution in [-0.4, -0.2) is 39.3 Å². The van der Waals surface area contributed by atoms with Crippen molar-refractivity contribution in [1.29, 1.82) is 5.26 Å². The number of methoxy groups -OCH3 is 1. The molecule has 0 bridgehead atoms. The standard InChI is InChI=1S/C24H25N5O3S/c1-15(2)21(26-23(31)18-9-11-19(32-4)12-10-18)22-27-28-24(29(22)3)33-14-20(30)17-7-5-16(13-25)6-8-17/h5-12,15,21H,14H2,1-4H3,(H,26,31). The molecule has 8 nitrogen and oxygen atoms in total. The summed E-state index contributed by atoms with van der Waals surface area (Å²) in [6.07, 6.45) is 0. The van der Waals surface area contributed by atoms with Crippen molar-refractivity contribution >= 4 is 23.5 Å². The number of nitriles is 1. The molecule has 2 aromatic carbocycles. The highest BCUT2D eigenvalue weighted by Gasteiger charge is 2.25. The van der Waals surface area contributed by atoms with Crippen LogP contribution in [0.15, 0.2) is 53.7 Å². The summed E-state index contributed by atoms with van der Waals surface area (Å²) in [5, 5.41) is 21.0. The summed E-state index contributed by atoms with van der Waals surface area (Å²) in [7, 11) is 3.39. The second-order valence-electron chi connectivity index (χ2n) is 7.72. The molecule has 1 N–H and O–H groups in total. The molecular formula is C24H25N5O3S. The lowest BCUT2D eigenvalue weighted by Gasteiger charge is -2.21. The van der Waals surface area contributed by atoms with Crippen LogP contribution in [0.2, 0.25) is 0 Å². The van der Waals surface area contributed by atoms with Crippen LogP contribution in [0, 0.1) is 17.2 Å². The van der Waals surface area contributed by atoms with Crippen LogP contribution >= 0.6 is 11.8 Å². The molecule has 0 fully saturated rings. The molecule has 1 aromatic heterocycles. The summed E-state index contributed by atoms with van der Waals surface area (Å²) in [5.41, 5.74) is 1.57. The van der Waals surface area contributed by atoms with Gasteiger partial charge in [-0.15, -0.1) is 10.2 Å². The number of hydrogen-bond donors (Lipinski definition) is 1. The monoisotopic (exact) mass is 463 g/mol. The molecule has 0 saturated heterocycles. The van der Waals surface area contributed by atoms with Gasteiger partial charge in [-0.2, -0.15) is 5.26 Å². The van der Waals surface area contributed by atoms with Crippen molar-refractivity contribution < 1.29 is 14.3 Å². The van der Waals surface area contributed by atoms with Gasteiger partial charge in [0.15, 0.2) is 16.8 Å². The molecule has 9 heteroatoms. The number of aromatic nitrogens is 3. The van der Waals surface area contributed by atoms with Crippen molar-refractivity contribution in [1.82, 2.24) is 20.1 Å². The van der Waals surface area contributed by atoms with Gasteiger partial charge in [-0.3, -0.25) is 9.59 Å². The predicted octanol–water partition coefficient (Wildman–Crippen LogP) is 3.80. The number of carbonyl (C=O) groups is 2. The van der Waals surface area contributed by atoms with E-state index < -0.39 is 0 Å². The Balaban J connectivity index is 1.69. The lowest BCUT2D eigenvalue weighted by Crippen LogP contribution is -2.33. The molecule has 0 radical (unpaired) electrons. The van der Waals surface area contributed by atoms with Gasteiger partial charge in [0.05, 0.1) is 30.5 Å². The van der Waals surface area contributed by atoms with E-state index in [-0.39, 0.29) is 29.4 Å². The van der Waals surface area contributed by atoms with Crippen LogP contribution in [0.25, 0.3) is 0 Å². The molecule has 0 aliphatic carbocycles. The second kappa shape index (κ2) is 10.8. The Morgan fingerprint density at radius 1 is 1.09 bits per heavy atom. The number of nitrogens with zero attached hydrogens (tertiary/aromatic N) is 4. The quantitative estimate of drug-likeness (QED) is 0.380. The number of rotatable bonds is 9. The summed E-state index contributed by atoms with van der Waals surface area (Å²) in [6.45, 7) is 3.99. The third-order valence-electron chi connectivity index (χ3n) is 5.12. The molecule has 0 spiro atoms. The zero-order valence-electron chi connectivity index (χ0n) is 18.9. The number of nitrogens with one attached hydrogen (secondary N) is 1. The summed E-state index contributed by atoms with van der Waals surface area (Å²) in [6, 6.07) is 15.1. The van der Waals surface area contributed by atoms with Crippen molar-refractivity contribution in [2.75, 3.05) is 12.9 Å². The van der Waals surface area contributed by atoms with Crippen molar-refractivity contribution in [3.05, 3.63) is 71.0 Å². The van der Waals surface area contributed by atoms with E-state index in [1.807, 2.05) is 27.0 Å². The zero-order chi connectivity index (χ0) is 24.0. The number of ether oxygens (including phenoxy) is 1. The van der Waals surface area contributed by atoms with Gasteiger partial charge in [0, 0.05) is 18.2 Å². The van der Waals surface area contributed by atoms with E-state index in [1.54, 1.807) is 60.2 Å². The highest BCUT2D eigenvalue weighted by atomic mass is 32.2. The van der Waals surface area contributed by atoms with Gasteiger partial charge < -0.3 is 14.6 Å². The van der Waals surface area contributed by atoms with E-state index in [0.29, 0.717) is 33.4 Å². The Bertz CT molecular complexity index is 1160. The molecule has 1 amide bonds. The van der Waals surface area contributed by atoms with Crippen LogP contribution in [0.3, 0.4) is 0 Å². The first kappa shape index (κ1) is 24.0. The topological polar surface area (TPSA) is 110 Å². The maximum Gasteiger partial charge on any atom is 0.251 e. The van der Waals surface area contributed by atoms with Gasteiger partial charge in [0.1, 0.15) is 5.75 Å². The molecule has 1 unspecified atom stereocenters. The van der Waals surface area contributed by atoms with Gasteiger partial charge in [0.25, 0.3) is 5.91 Å². The third kappa shape index (κ3) is 5.79. The molecular weight excluding hydrogens is 438 g/mol. The molecule has 1 atom stereocenters. The van der Waals surface area contributed by atoms with Gasteiger partial charge in [-0.1, -0.05) is 37.7 Å². The number of amides is 1. The summed E-state index contributed by atoms with van der Waals surface area (Å²) >= 11 is 1.28. The van der Waals surface area contributed by atoms with Crippen molar-refractivity contribution in [3.63, 3.8) is 0 Å². The summed E-state index contributed by atoms with van der Waals surface area (Å²) < 4.78 is 6.94. The normalized spacial score (nSPS) is 11.6. The van der Waals surface area contributed by atoms with Crippen molar-refractivity contribution in [3.8, 4) is 11.8 Å². The van der Waals surface area contributed by atoms with E-state index in [1.165, 1.54) is 11.8 Å². The largest absolute Gasteiger partial charge is 0.497 e. The van der Waals surface area contributed by atoms with Crippen molar-refractivity contribution in [2.45, 2.75) is 25.0 Å². The molecule has 0 aliphatic heterocycles. The van der Waals surface area contributed by atoms with E-state index in [4.69, 9.17) is 10.00 Å². The maximum atomic E-state index is 12.8. The fraction of sp³-hybridized carbons (Fsp3) is 0.292. The minimum atomic E-state index is -0.360. The van der Waals surface area contributed by atoms with Crippen LogP contribution in [0.1, 0.15) is 52.0 Å². The Morgan fingerprint density at radius 3 is 2.30 bits per heavy atom. The highest BCUT2D eigenvalue weighted by molar-refractivity contribution is 7.99. The average molecular weight is 464 g/mol. The Kier molecular flexibility index (Phi) is 7.85. The van der Waals surface area contributed by atoms with Crippen molar-refractivity contribution in [2.24, 2.45) is 13.0 Å². The predicted molar refractivity (Wildman–Crippen MR) is 125 cm³/mol. The van der Waals surface area contributed by atoms with E-state index in [2.05, 4.69) is 15.5 Å². The summed E-state index contributed by atoms with van der Waals surface area (Å²) in [5.74, 6) is 1.25. The number of hydrogen-bond acceptors (Lipinski definition) is 7. The molecule has 0 aliphatic rings. The van der Waals surface area contributed by atoms with Gasteiger partial charge in [-0.05, 0) is 42.3 Å². The number of Topliss-reactive ketones (excluding diaryl/α,β-unsaturated/α-hetero) is 1. The first-order chi connectivity index (χ1) is 15.8. The van der Waals surface area contributed by atoms with Gasteiger partial charge in [0.2, 0.25) is 0 Å². The van der Waals surface area contributed by atoms with E-state index >= 15 is 0 Å².